The quantitative estimate of drug-likeness (QED) is 0.461. The van der Waals surface area contributed by atoms with E-state index in [-0.39, 0.29) is 18.4 Å². The number of nitrogens with one attached hydrogen (secondary N) is 3. The number of hydrogen-bond donors (Lipinski definition) is 3. The van der Waals surface area contributed by atoms with Crippen LogP contribution in [0.3, 0.4) is 0 Å². The maximum absolute atomic E-state index is 12.6. The maximum atomic E-state index is 12.6. The molecule has 1 fully saturated rings. The zero-order valence-electron chi connectivity index (χ0n) is 18.5. The van der Waals surface area contributed by atoms with E-state index < -0.39 is 18.2 Å². The lowest BCUT2D eigenvalue weighted by atomic mass is 10.00. The number of carbonyl (C=O) groups excluding carboxylic acids is 3. The van der Waals surface area contributed by atoms with Crippen molar-refractivity contribution in [2.24, 2.45) is 7.05 Å². The van der Waals surface area contributed by atoms with Gasteiger partial charge >= 0.3 is 6.09 Å². The summed E-state index contributed by atoms with van der Waals surface area (Å²) in [6.45, 7) is 0.554. The molecule has 1 aromatic heterocycles. The van der Waals surface area contributed by atoms with Gasteiger partial charge in [-0.05, 0) is 30.0 Å². The van der Waals surface area contributed by atoms with E-state index >= 15 is 0 Å². The number of aryl methyl sites for hydroxylation is 1. The van der Waals surface area contributed by atoms with Gasteiger partial charge in [0.2, 0.25) is 11.8 Å². The average Bonchev–Trinajstić information content (AvgIpc) is 3.14. The molecular formula is C25H28N4O4. The Hall–Kier alpha value is -3.81. The van der Waals surface area contributed by atoms with E-state index in [1.165, 1.54) is 0 Å². The Morgan fingerprint density at radius 1 is 1.00 bits per heavy atom. The first-order valence-corrected chi connectivity index (χ1v) is 11.1. The van der Waals surface area contributed by atoms with Crippen molar-refractivity contribution in [1.82, 2.24) is 20.5 Å². The van der Waals surface area contributed by atoms with Gasteiger partial charge in [-0.3, -0.25) is 9.59 Å². The highest BCUT2D eigenvalue weighted by Gasteiger charge is 2.33. The molecule has 0 unspecified atom stereocenters. The van der Waals surface area contributed by atoms with Crippen molar-refractivity contribution in [3.8, 4) is 0 Å². The molecule has 0 spiro atoms. The minimum Gasteiger partial charge on any atom is -0.445 e. The molecule has 3 aromatic rings. The van der Waals surface area contributed by atoms with Crippen molar-refractivity contribution in [2.45, 2.75) is 38.0 Å². The number of carbonyl (C=O) groups is 3. The fraction of sp³-hybridized carbons (Fsp3) is 0.320. The van der Waals surface area contributed by atoms with Gasteiger partial charge in [0.1, 0.15) is 18.7 Å². The predicted molar refractivity (Wildman–Crippen MR) is 124 cm³/mol. The van der Waals surface area contributed by atoms with Crippen LogP contribution in [0.4, 0.5) is 4.79 Å². The van der Waals surface area contributed by atoms with Gasteiger partial charge in [0.25, 0.3) is 0 Å². The van der Waals surface area contributed by atoms with Crippen molar-refractivity contribution in [3.63, 3.8) is 0 Å². The highest BCUT2D eigenvalue weighted by molar-refractivity contribution is 5.97. The molecule has 3 amide bonds. The molecule has 2 atom stereocenters. The summed E-state index contributed by atoms with van der Waals surface area (Å²) in [6.07, 6.45) is 2.88. The van der Waals surface area contributed by atoms with E-state index in [0.717, 1.165) is 22.0 Å². The Labute approximate surface area is 192 Å². The van der Waals surface area contributed by atoms with Crippen molar-refractivity contribution in [2.75, 3.05) is 6.54 Å². The third-order valence-corrected chi connectivity index (χ3v) is 5.82. The monoisotopic (exact) mass is 448 g/mol. The normalized spacial score (nSPS) is 18.0. The second-order valence-electron chi connectivity index (χ2n) is 8.24. The maximum Gasteiger partial charge on any atom is 0.407 e. The van der Waals surface area contributed by atoms with Crippen LogP contribution in [-0.4, -0.2) is 41.1 Å². The number of aromatic nitrogens is 1. The Kier molecular flexibility index (Phi) is 6.92. The van der Waals surface area contributed by atoms with Gasteiger partial charge in [-0.25, -0.2) is 4.79 Å². The zero-order chi connectivity index (χ0) is 23.2. The predicted octanol–water partition coefficient (Wildman–Crippen LogP) is 2.41. The zero-order valence-corrected chi connectivity index (χ0v) is 18.5. The Morgan fingerprint density at radius 2 is 1.70 bits per heavy atom. The van der Waals surface area contributed by atoms with E-state index in [2.05, 4.69) is 16.0 Å². The van der Waals surface area contributed by atoms with E-state index in [0.29, 0.717) is 25.8 Å². The third kappa shape index (κ3) is 5.52. The lowest BCUT2D eigenvalue weighted by Crippen LogP contribution is -2.62. The van der Waals surface area contributed by atoms with Crippen LogP contribution in [0.5, 0.6) is 0 Å². The summed E-state index contributed by atoms with van der Waals surface area (Å²) in [6, 6.07) is 16.2. The van der Waals surface area contributed by atoms with Crippen molar-refractivity contribution < 1.29 is 19.1 Å². The topological polar surface area (TPSA) is 101 Å². The summed E-state index contributed by atoms with van der Waals surface area (Å²) >= 11 is 0. The van der Waals surface area contributed by atoms with Gasteiger partial charge in [0.05, 0.1) is 0 Å². The average molecular weight is 449 g/mol. The molecule has 0 radical (unpaired) electrons. The van der Waals surface area contributed by atoms with Crippen LogP contribution < -0.4 is 16.0 Å². The van der Waals surface area contributed by atoms with Gasteiger partial charge in [-0.15, -0.1) is 0 Å². The van der Waals surface area contributed by atoms with Gasteiger partial charge in [0, 0.05) is 37.1 Å². The minimum absolute atomic E-state index is 0.192. The fourth-order valence-electron chi connectivity index (χ4n) is 4.10. The molecule has 0 aliphatic carbocycles. The Balaban J connectivity index is 1.21. The lowest BCUT2D eigenvalue weighted by molar-refractivity contribution is -0.136. The summed E-state index contributed by atoms with van der Waals surface area (Å²) in [5.41, 5.74) is 3.01. The summed E-state index contributed by atoms with van der Waals surface area (Å²) < 4.78 is 7.18. The molecule has 1 saturated heterocycles. The second-order valence-corrected chi connectivity index (χ2v) is 8.24. The number of nitrogens with zero attached hydrogens (tertiary/aromatic N) is 1. The number of para-hydroxylation sites is 1. The standard InChI is InChI=1S/C25H28N4O4/c1-29-15-18(19-10-5-6-12-22(19)29)14-21-24(31)27-20(23(30)28-21)11-7-13-26-25(32)33-16-17-8-3-2-4-9-17/h2-6,8-10,12,15,20-21H,7,11,13-14,16H2,1H3,(H,26,32)(H,27,31)(H,28,30)/t20-,21+/m0/s1. The number of ether oxygens (including phenoxy) is 1. The smallest absolute Gasteiger partial charge is 0.407 e. The number of piperazine rings is 1. The highest BCUT2D eigenvalue weighted by atomic mass is 16.5. The van der Waals surface area contributed by atoms with Crippen molar-refractivity contribution >= 4 is 28.8 Å². The highest BCUT2D eigenvalue weighted by Crippen LogP contribution is 2.22. The Bertz CT molecular complexity index is 1140. The van der Waals surface area contributed by atoms with Gasteiger partial charge in [0.15, 0.2) is 0 Å². The largest absolute Gasteiger partial charge is 0.445 e. The first-order valence-electron chi connectivity index (χ1n) is 11.1. The van der Waals surface area contributed by atoms with Crippen LogP contribution in [-0.2, 0) is 34.4 Å². The minimum atomic E-state index is -0.608. The third-order valence-electron chi connectivity index (χ3n) is 5.82. The molecule has 2 heterocycles. The molecule has 33 heavy (non-hydrogen) atoms. The Morgan fingerprint density at radius 3 is 2.52 bits per heavy atom. The number of rotatable bonds is 8. The van der Waals surface area contributed by atoms with Gasteiger partial charge in [-0.1, -0.05) is 48.5 Å². The van der Waals surface area contributed by atoms with Crippen molar-refractivity contribution in [1.29, 1.82) is 0 Å². The fourth-order valence-corrected chi connectivity index (χ4v) is 4.10. The van der Waals surface area contributed by atoms with E-state index in [1.807, 2.05) is 72.4 Å². The van der Waals surface area contributed by atoms with Crippen molar-refractivity contribution in [3.05, 3.63) is 71.9 Å². The van der Waals surface area contributed by atoms with E-state index in [1.54, 1.807) is 0 Å². The molecule has 3 N–H and O–H groups in total. The van der Waals surface area contributed by atoms with Gasteiger partial charge in [-0.2, -0.15) is 0 Å². The SMILES string of the molecule is Cn1cc(C[C@H]2NC(=O)[C@H](CCCNC(=O)OCc3ccccc3)NC2=O)c2ccccc21. The van der Waals surface area contributed by atoms with Crippen LogP contribution >= 0.6 is 0 Å². The second kappa shape index (κ2) is 10.2. The van der Waals surface area contributed by atoms with Crippen LogP contribution in [0, 0.1) is 0 Å². The summed E-state index contributed by atoms with van der Waals surface area (Å²) in [7, 11) is 1.97. The van der Waals surface area contributed by atoms with Crippen LogP contribution in [0.2, 0.25) is 0 Å². The molecule has 172 valence electrons. The molecular weight excluding hydrogens is 420 g/mol. The van der Waals surface area contributed by atoms with Crippen LogP contribution in [0.1, 0.15) is 24.0 Å². The van der Waals surface area contributed by atoms with Crippen LogP contribution in [0.15, 0.2) is 60.8 Å². The molecule has 1 aliphatic heterocycles. The van der Waals surface area contributed by atoms with Gasteiger partial charge < -0.3 is 25.3 Å². The molecule has 0 saturated carbocycles. The summed E-state index contributed by atoms with van der Waals surface area (Å²) in [5, 5.41) is 9.43. The molecule has 2 aromatic carbocycles. The molecule has 4 rings (SSSR count). The number of fused-ring (bicyclic) bond motifs is 1. The van der Waals surface area contributed by atoms with E-state index in [9.17, 15) is 14.4 Å². The number of amides is 3. The molecule has 0 bridgehead atoms. The van der Waals surface area contributed by atoms with Crippen LogP contribution in [0.25, 0.3) is 10.9 Å². The lowest BCUT2D eigenvalue weighted by Gasteiger charge is -2.29. The summed E-state index contributed by atoms with van der Waals surface area (Å²) in [4.78, 5) is 37.0. The molecule has 1 aliphatic rings. The first kappa shape index (κ1) is 22.4. The molecule has 8 nitrogen and oxygen atoms in total. The summed E-state index contributed by atoms with van der Waals surface area (Å²) in [5.74, 6) is -0.394. The van der Waals surface area contributed by atoms with E-state index in [4.69, 9.17) is 4.74 Å². The molecule has 8 heteroatoms. The number of alkyl carbamates (subject to hydrolysis) is 1. The number of hydrogen-bond acceptors (Lipinski definition) is 4. The number of benzene rings is 2. The first-order chi connectivity index (χ1) is 16.0.